The van der Waals surface area contributed by atoms with E-state index in [1.165, 1.54) is 12.8 Å². The molecule has 1 aromatic carbocycles. The van der Waals surface area contributed by atoms with E-state index >= 15 is 0 Å². The maximum absolute atomic E-state index is 12.4. The van der Waals surface area contributed by atoms with Gasteiger partial charge in [0.2, 0.25) is 0 Å². The first-order chi connectivity index (χ1) is 11.1. The molecule has 1 aromatic heterocycles. The highest BCUT2D eigenvalue weighted by atomic mass is 16.1. The van der Waals surface area contributed by atoms with E-state index in [-0.39, 0.29) is 5.91 Å². The minimum atomic E-state index is -0.181. The third-order valence-electron chi connectivity index (χ3n) is 3.82. The van der Waals surface area contributed by atoms with Gasteiger partial charge in [-0.25, -0.2) is 0 Å². The average molecular weight is 311 g/mol. The Morgan fingerprint density at radius 1 is 1.13 bits per heavy atom. The summed E-state index contributed by atoms with van der Waals surface area (Å²) in [6, 6.07) is 9.65. The van der Waals surface area contributed by atoms with E-state index in [2.05, 4.69) is 22.5 Å². The summed E-state index contributed by atoms with van der Waals surface area (Å²) >= 11 is 0. The molecule has 0 aliphatic rings. The van der Waals surface area contributed by atoms with Crippen LogP contribution in [0.2, 0.25) is 0 Å². The van der Waals surface area contributed by atoms with Gasteiger partial charge < -0.3 is 10.6 Å². The van der Waals surface area contributed by atoms with Gasteiger partial charge in [0.1, 0.15) is 5.69 Å². The highest BCUT2D eigenvalue weighted by Gasteiger charge is 2.11. The molecule has 2 N–H and O–H groups in total. The molecule has 4 nitrogen and oxygen atoms in total. The molecule has 0 saturated carbocycles. The molecule has 1 heterocycles. The van der Waals surface area contributed by atoms with E-state index in [9.17, 15) is 4.79 Å². The number of hydrogen-bond acceptors (Lipinski definition) is 3. The maximum Gasteiger partial charge on any atom is 0.274 e. The van der Waals surface area contributed by atoms with Crippen LogP contribution in [0.15, 0.2) is 36.5 Å². The molecule has 122 valence electrons. The highest BCUT2D eigenvalue weighted by Crippen LogP contribution is 2.20. The van der Waals surface area contributed by atoms with Gasteiger partial charge in [-0.3, -0.25) is 9.78 Å². The highest BCUT2D eigenvalue weighted by molar-refractivity contribution is 6.04. The van der Waals surface area contributed by atoms with E-state index in [1.807, 2.05) is 38.1 Å². The lowest BCUT2D eigenvalue weighted by Gasteiger charge is -2.12. The molecule has 23 heavy (non-hydrogen) atoms. The van der Waals surface area contributed by atoms with Crippen LogP contribution in [0, 0.1) is 13.8 Å². The lowest BCUT2D eigenvalue weighted by atomic mass is 10.1. The SMILES string of the molecule is CCCCCNc1ccnc(C(=O)Nc2c(C)cccc2C)c1. The third kappa shape index (κ3) is 4.81. The van der Waals surface area contributed by atoms with Crippen LogP contribution in [0.3, 0.4) is 0 Å². The van der Waals surface area contributed by atoms with E-state index in [1.54, 1.807) is 12.3 Å². The second-order valence-corrected chi connectivity index (χ2v) is 5.78. The van der Waals surface area contributed by atoms with Crippen molar-refractivity contribution in [2.45, 2.75) is 40.0 Å². The zero-order valence-electron chi connectivity index (χ0n) is 14.1. The number of para-hydroxylation sites is 1. The summed E-state index contributed by atoms with van der Waals surface area (Å²) in [5.74, 6) is -0.181. The van der Waals surface area contributed by atoms with Gasteiger partial charge in [0.05, 0.1) is 0 Å². The van der Waals surface area contributed by atoms with Crippen molar-refractivity contribution < 1.29 is 4.79 Å². The molecular weight excluding hydrogens is 286 g/mol. The second-order valence-electron chi connectivity index (χ2n) is 5.78. The number of rotatable bonds is 7. The van der Waals surface area contributed by atoms with Crippen LogP contribution in [0.25, 0.3) is 0 Å². The minimum Gasteiger partial charge on any atom is -0.385 e. The second kappa shape index (κ2) is 8.32. The largest absolute Gasteiger partial charge is 0.385 e. The van der Waals surface area contributed by atoms with Crippen molar-refractivity contribution in [1.29, 1.82) is 0 Å². The number of carbonyl (C=O) groups is 1. The van der Waals surface area contributed by atoms with Gasteiger partial charge in [-0.2, -0.15) is 0 Å². The summed E-state index contributed by atoms with van der Waals surface area (Å²) in [7, 11) is 0. The van der Waals surface area contributed by atoms with Crippen LogP contribution in [-0.2, 0) is 0 Å². The number of unbranched alkanes of at least 4 members (excludes halogenated alkanes) is 2. The van der Waals surface area contributed by atoms with Crippen molar-refractivity contribution in [3.63, 3.8) is 0 Å². The molecule has 0 unspecified atom stereocenters. The zero-order chi connectivity index (χ0) is 16.7. The molecule has 0 spiro atoms. The number of benzene rings is 1. The predicted molar refractivity (Wildman–Crippen MR) is 96.1 cm³/mol. The van der Waals surface area contributed by atoms with E-state index < -0.39 is 0 Å². The molecular formula is C19H25N3O. The lowest BCUT2D eigenvalue weighted by Crippen LogP contribution is -2.15. The summed E-state index contributed by atoms with van der Waals surface area (Å²) in [5, 5.41) is 6.31. The molecule has 4 heteroatoms. The van der Waals surface area contributed by atoms with E-state index in [4.69, 9.17) is 0 Å². The quantitative estimate of drug-likeness (QED) is 0.737. The number of aromatic nitrogens is 1. The Morgan fingerprint density at radius 2 is 1.87 bits per heavy atom. The average Bonchev–Trinajstić information content (AvgIpc) is 2.55. The molecule has 0 aliphatic heterocycles. The van der Waals surface area contributed by atoms with Crippen molar-refractivity contribution in [2.24, 2.45) is 0 Å². The normalized spacial score (nSPS) is 10.4. The number of anilines is 2. The number of aryl methyl sites for hydroxylation is 2. The van der Waals surface area contributed by atoms with Gasteiger partial charge >= 0.3 is 0 Å². The molecule has 0 radical (unpaired) electrons. The van der Waals surface area contributed by atoms with E-state index in [0.29, 0.717) is 5.69 Å². The van der Waals surface area contributed by atoms with Crippen LogP contribution >= 0.6 is 0 Å². The maximum atomic E-state index is 12.4. The first kappa shape index (κ1) is 17.0. The van der Waals surface area contributed by atoms with Gasteiger partial charge in [-0.05, 0) is 43.5 Å². The van der Waals surface area contributed by atoms with Gasteiger partial charge in [0.15, 0.2) is 0 Å². The molecule has 2 rings (SSSR count). The fraction of sp³-hybridized carbons (Fsp3) is 0.368. The molecule has 0 aliphatic carbocycles. The fourth-order valence-electron chi connectivity index (χ4n) is 2.46. The Labute approximate surface area is 138 Å². The molecule has 0 atom stereocenters. The van der Waals surface area contributed by atoms with Crippen LogP contribution in [0.4, 0.5) is 11.4 Å². The van der Waals surface area contributed by atoms with Crippen LogP contribution in [-0.4, -0.2) is 17.4 Å². The monoisotopic (exact) mass is 311 g/mol. The third-order valence-corrected chi connectivity index (χ3v) is 3.82. The van der Waals surface area contributed by atoms with Gasteiger partial charge in [0, 0.05) is 24.1 Å². The topological polar surface area (TPSA) is 54.0 Å². The van der Waals surface area contributed by atoms with Crippen molar-refractivity contribution in [1.82, 2.24) is 4.98 Å². The molecule has 0 fully saturated rings. The Balaban J connectivity index is 2.05. The van der Waals surface area contributed by atoms with Crippen molar-refractivity contribution in [2.75, 3.05) is 17.2 Å². The number of nitrogens with one attached hydrogen (secondary N) is 2. The number of amides is 1. The van der Waals surface area contributed by atoms with E-state index in [0.717, 1.165) is 35.5 Å². The zero-order valence-corrected chi connectivity index (χ0v) is 14.1. The number of pyridine rings is 1. The summed E-state index contributed by atoms with van der Waals surface area (Å²) in [6.07, 6.45) is 5.20. The Bertz CT molecular complexity index is 647. The summed E-state index contributed by atoms with van der Waals surface area (Å²) in [6.45, 7) is 7.07. The first-order valence-corrected chi connectivity index (χ1v) is 8.19. The summed E-state index contributed by atoms with van der Waals surface area (Å²) in [5.41, 5.74) is 4.32. The van der Waals surface area contributed by atoms with Crippen molar-refractivity contribution >= 4 is 17.3 Å². The number of hydrogen-bond donors (Lipinski definition) is 2. The Hall–Kier alpha value is -2.36. The number of carbonyl (C=O) groups excluding carboxylic acids is 1. The van der Waals surface area contributed by atoms with Crippen LogP contribution in [0.5, 0.6) is 0 Å². The van der Waals surface area contributed by atoms with Crippen LogP contribution in [0.1, 0.15) is 47.8 Å². The Kier molecular flexibility index (Phi) is 6.15. The fourth-order valence-corrected chi connectivity index (χ4v) is 2.46. The van der Waals surface area contributed by atoms with Crippen LogP contribution < -0.4 is 10.6 Å². The molecule has 1 amide bonds. The molecule has 2 aromatic rings. The van der Waals surface area contributed by atoms with Crippen molar-refractivity contribution in [3.05, 3.63) is 53.3 Å². The van der Waals surface area contributed by atoms with Crippen molar-refractivity contribution in [3.8, 4) is 0 Å². The summed E-state index contributed by atoms with van der Waals surface area (Å²) in [4.78, 5) is 16.6. The Morgan fingerprint density at radius 3 is 2.57 bits per heavy atom. The smallest absolute Gasteiger partial charge is 0.274 e. The van der Waals surface area contributed by atoms with Gasteiger partial charge in [-0.1, -0.05) is 38.0 Å². The summed E-state index contributed by atoms with van der Waals surface area (Å²) < 4.78 is 0. The minimum absolute atomic E-state index is 0.181. The van der Waals surface area contributed by atoms with Gasteiger partial charge in [0.25, 0.3) is 5.91 Å². The molecule has 0 saturated heterocycles. The lowest BCUT2D eigenvalue weighted by molar-refractivity contribution is 0.102. The first-order valence-electron chi connectivity index (χ1n) is 8.19. The molecule has 0 bridgehead atoms. The predicted octanol–water partition coefficient (Wildman–Crippen LogP) is 4.55. The number of nitrogens with zero attached hydrogens (tertiary/aromatic N) is 1. The standard InChI is InChI=1S/C19H25N3O/c1-4-5-6-11-20-16-10-12-21-17(13-16)19(23)22-18-14(2)8-7-9-15(18)3/h7-10,12-13H,4-6,11H2,1-3H3,(H,20,21)(H,22,23). The van der Waals surface area contributed by atoms with Gasteiger partial charge in [-0.15, -0.1) is 0 Å².